The zero-order valence-corrected chi connectivity index (χ0v) is 18.0. The SMILES string of the molecule is CCCCCCCC(O)/C=C/CCCCCCCCCCCCCC(=O)O. The van der Waals surface area contributed by atoms with Gasteiger partial charge in [0.15, 0.2) is 0 Å². The second-order valence-electron chi connectivity index (χ2n) is 8.02. The van der Waals surface area contributed by atoms with Crippen molar-refractivity contribution in [3.05, 3.63) is 12.2 Å². The molecule has 0 radical (unpaired) electrons. The van der Waals surface area contributed by atoms with Gasteiger partial charge >= 0.3 is 5.97 Å². The van der Waals surface area contributed by atoms with Crippen molar-refractivity contribution >= 4 is 5.97 Å². The third-order valence-corrected chi connectivity index (χ3v) is 5.22. The van der Waals surface area contributed by atoms with Gasteiger partial charge in [-0.15, -0.1) is 0 Å². The minimum atomic E-state index is -0.667. The van der Waals surface area contributed by atoms with E-state index in [0.29, 0.717) is 6.42 Å². The van der Waals surface area contributed by atoms with Gasteiger partial charge < -0.3 is 10.2 Å². The van der Waals surface area contributed by atoms with Gasteiger partial charge in [0, 0.05) is 6.42 Å². The molecule has 0 fully saturated rings. The van der Waals surface area contributed by atoms with E-state index in [2.05, 4.69) is 13.0 Å². The van der Waals surface area contributed by atoms with E-state index in [-0.39, 0.29) is 6.10 Å². The first-order valence-corrected chi connectivity index (χ1v) is 11.7. The molecule has 0 saturated carbocycles. The molecule has 0 spiro atoms. The lowest BCUT2D eigenvalue weighted by atomic mass is 10.0. The Bertz CT molecular complexity index is 339. The Hall–Kier alpha value is -0.830. The van der Waals surface area contributed by atoms with Crippen molar-refractivity contribution in [1.82, 2.24) is 0 Å². The normalized spacial score (nSPS) is 12.7. The summed E-state index contributed by atoms with van der Waals surface area (Å²) in [6, 6.07) is 0. The van der Waals surface area contributed by atoms with E-state index in [1.54, 1.807) is 0 Å². The van der Waals surface area contributed by atoms with E-state index in [0.717, 1.165) is 32.1 Å². The number of rotatable bonds is 21. The molecular formula is C24H46O3. The molecule has 1 atom stereocenters. The van der Waals surface area contributed by atoms with Crippen LogP contribution in [0.2, 0.25) is 0 Å². The van der Waals surface area contributed by atoms with Crippen molar-refractivity contribution in [2.75, 3.05) is 0 Å². The average Bonchev–Trinajstić information content (AvgIpc) is 2.64. The van der Waals surface area contributed by atoms with Crippen LogP contribution in [0.4, 0.5) is 0 Å². The fraction of sp³-hybridized carbons (Fsp3) is 0.875. The molecule has 1 unspecified atom stereocenters. The summed E-state index contributed by atoms with van der Waals surface area (Å²) in [5, 5.41) is 18.5. The van der Waals surface area contributed by atoms with E-state index < -0.39 is 5.97 Å². The van der Waals surface area contributed by atoms with E-state index in [1.807, 2.05) is 6.08 Å². The smallest absolute Gasteiger partial charge is 0.303 e. The zero-order valence-electron chi connectivity index (χ0n) is 18.0. The summed E-state index contributed by atoms with van der Waals surface area (Å²) < 4.78 is 0. The molecule has 0 amide bonds. The molecule has 0 aliphatic heterocycles. The van der Waals surface area contributed by atoms with Gasteiger partial charge in [0.05, 0.1) is 6.10 Å². The summed E-state index contributed by atoms with van der Waals surface area (Å²) in [7, 11) is 0. The number of carboxylic acid groups (broad SMARTS) is 1. The highest BCUT2D eigenvalue weighted by atomic mass is 16.4. The first-order valence-electron chi connectivity index (χ1n) is 11.7. The van der Waals surface area contributed by atoms with Gasteiger partial charge in [-0.3, -0.25) is 4.79 Å². The summed E-state index contributed by atoms with van der Waals surface area (Å²) >= 11 is 0. The zero-order chi connectivity index (χ0) is 20.0. The van der Waals surface area contributed by atoms with Crippen LogP contribution >= 0.6 is 0 Å². The largest absolute Gasteiger partial charge is 0.481 e. The molecule has 0 aromatic heterocycles. The second-order valence-corrected chi connectivity index (χ2v) is 8.02. The van der Waals surface area contributed by atoms with Gasteiger partial charge in [-0.1, -0.05) is 109 Å². The number of hydrogen-bond donors (Lipinski definition) is 2. The number of unbranched alkanes of at least 4 members (excludes halogenated alkanes) is 15. The second kappa shape index (κ2) is 21.5. The molecule has 0 bridgehead atoms. The monoisotopic (exact) mass is 382 g/mol. The lowest BCUT2D eigenvalue weighted by Crippen LogP contribution is -2.01. The number of aliphatic carboxylic acids is 1. The Kier molecular flexibility index (Phi) is 20.8. The van der Waals surface area contributed by atoms with Crippen molar-refractivity contribution in [2.24, 2.45) is 0 Å². The van der Waals surface area contributed by atoms with Crippen molar-refractivity contribution in [1.29, 1.82) is 0 Å². The molecule has 3 heteroatoms. The summed E-state index contributed by atoms with van der Waals surface area (Å²) in [5.74, 6) is -0.667. The Labute approximate surface area is 168 Å². The third-order valence-electron chi connectivity index (χ3n) is 5.22. The predicted molar refractivity (Wildman–Crippen MR) is 116 cm³/mol. The highest BCUT2D eigenvalue weighted by Crippen LogP contribution is 2.13. The van der Waals surface area contributed by atoms with E-state index in [1.165, 1.54) is 83.5 Å². The number of allylic oxidation sites excluding steroid dienone is 1. The van der Waals surface area contributed by atoms with Crippen LogP contribution in [0.3, 0.4) is 0 Å². The number of aliphatic hydroxyl groups is 1. The van der Waals surface area contributed by atoms with Gasteiger partial charge in [0.25, 0.3) is 0 Å². The molecule has 0 aromatic carbocycles. The highest BCUT2D eigenvalue weighted by Gasteiger charge is 1.99. The van der Waals surface area contributed by atoms with Gasteiger partial charge in [0.2, 0.25) is 0 Å². The maximum atomic E-state index is 10.4. The third kappa shape index (κ3) is 23.1. The predicted octanol–water partition coefficient (Wildman–Crippen LogP) is 7.42. The molecule has 0 aliphatic rings. The minimum Gasteiger partial charge on any atom is -0.481 e. The first kappa shape index (κ1) is 26.2. The van der Waals surface area contributed by atoms with Crippen LogP contribution in [0, 0.1) is 0 Å². The fourth-order valence-electron chi connectivity index (χ4n) is 3.44. The summed E-state index contributed by atoms with van der Waals surface area (Å²) in [6.07, 6.45) is 26.1. The summed E-state index contributed by atoms with van der Waals surface area (Å²) in [5.41, 5.74) is 0. The highest BCUT2D eigenvalue weighted by molar-refractivity contribution is 5.66. The topological polar surface area (TPSA) is 57.5 Å². The van der Waals surface area contributed by atoms with Gasteiger partial charge in [-0.05, 0) is 25.7 Å². The lowest BCUT2D eigenvalue weighted by molar-refractivity contribution is -0.137. The van der Waals surface area contributed by atoms with Crippen molar-refractivity contribution in [2.45, 2.75) is 135 Å². The Morgan fingerprint density at radius 1 is 0.741 bits per heavy atom. The van der Waals surface area contributed by atoms with Crippen LogP contribution in [-0.4, -0.2) is 22.3 Å². The molecular weight excluding hydrogens is 336 g/mol. The van der Waals surface area contributed by atoms with Crippen LogP contribution < -0.4 is 0 Å². The number of hydrogen-bond acceptors (Lipinski definition) is 2. The number of carbonyl (C=O) groups is 1. The Morgan fingerprint density at radius 2 is 1.22 bits per heavy atom. The lowest BCUT2D eigenvalue weighted by Gasteiger charge is -2.05. The van der Waals surface area contributed by atoms with Gasteiger partial charge in [0.1, 0.15) is 0 Å². The van der Waals surface area contributed by atoms with Crippen LogP contribution in [0.15, 0.2) is 12.2 Å². The Balaban J connectivity index is 3.20. The number of carboxylic acids is 1. The van der Waals surface area contributed by atoms with Crippen LogP contribution in [0.1, 0.15) is 129 Å². The standard InChI is InChI=1S/C24H46O3/c1-2-3-4-14-17-20-23(25)21-18-15-12-10-8-6-5-7-9-11-13-16-19-22-24(26)27/h18,21,23,25H,2-17,19-20,22H2,1H3,(H,26,27)/b21-18+. The van der Waals surface area contributed by atoms with Crippen LogP contribution in [-0.2, 0) is 4.79 Å². The van der Waals surface area contributed by atoms with Crippen molar-refractivity contribution in [3.63, 3.8) is 0 Å². The molecule has 3 nitrogen and oxygen atoms in total. The summed E-state index contributed by atoms with van der Waals surface area (Å²) in [6.45, 7) is 2.23. The van der Waals surface area contributed by atoms with Gasteiger partial charge in [-0.25, -0.2) is 0 Å². The first-order chi connectivity index (χ1) is 13.2. The molecule has 27 heavy (non-hydrogen) atoms. The molecule has 0 aromatic rings. The molecule has 0 heterocycles. The molecule has 0 rings (SSSR count). The maximum absolute atomic E-state index is 10.4. The van der Waals surface area contributed by atoms with Crippen molar-refractivity contribution < 1.29 is 15.0 Å². The molecule has 160 valence electrons. The minimum absolute atomic E-state index is 0.240. The average molecular weight is 383 g/mol. The fourth-order valence-corrected chi connectivity index (χ4v) is 3.44. The molecule has 0 saturated heterocycles. The van der Waals surface area contributed by atoms with Crippen LogP contribution in [0.5, 0.6) is 0 Å². The van der Waals surface area contributed by atoms with Gasteiger partial charge in [-0.2, -0.15) is 0 Å². The summed E-state index contributed by atoms with van der Waals surface area (Å²) in [4.78, 5) is 10.4. The molecule has 2 N–H and O–H groups in total. The Morgan fingerprint density at radius 3 is 1.78 bits per heavy atom. The maximum Gasteiger partial charge on any atom is 0.303 e. The number of aliphatic hydroxyl groups excluding tert-OH is 1. The van der Waals surface area contributed by atoms with Crippen molar-refractivity contribution in [3.8, 4) is 0 Å². The van der Waals surface area contributed by atoms with E-state index >= 15 is 0 Å². The van der Waals surface area contributed by atoms with E-state index in [9.17, 15) is 9.90 Å². The van der Waals surface area contributed by atoms with E-state index in [4.69, 9.17) is 5.11 Å². The quantitative estimate of drug-likeness (QED) is 0.160. The molecule has 0 aliphatic carbocycles. The van der Waals surface area contributed by atoms with Crippen LogP contribution in [0.25, 0.3) is 0 Å².